The van der Waals surface area contributed by atoms with Crippen LogP contribution in [0.1, 0.15) is 15.9 Å². The largest absolute Gasteiger partial charge is 0.322 e. The average Bonchev–Trinajstić information content (AvgIpc) is 3.29. The van der Waals surface area contributed by atoms with Gasteiger partial charge in [0.25, 0.3) is 5.91 Å². The van der Waals surface area contributed by atoms with E-state index in [1.165, 1.54) is 11.0 Å². The van der Waals surface area contributed by atoms with Gasteiger partial charge in [-0.2, -0.15) is 5.26 Å². The predicted octanol–water partition coefficient (Wildman–Crippen LogP) is 3.45. The van der Waals surface area contributed by atoms with Gasteiger partial charge in [-0.05, 0) is 46.3 Å². The molecule has 0 spiro atoms. The molecule has 3 aromatic carbocycles. The minimum Gasteiger partial charge on any atom is -0.322 e. The Morgan fingerprint density at radius 3 is 2.54 bits per heavy atom. The van der Waals surface area contributed by atoms with Crippen molar-refractivity contribution in [3.63, 3.8) is 0 Å². The average molecular weight is 366 g/mol. The van der Waals surface area contributed by atoms with Gasteiger partial charge in [0.2, 0.25) is 0 Å². The van der Waals surface area contributed by atoms with E-state index < -0.39 is 0 Å². The van der Waals surface area contributed by atoms with Crippen LogP contribution in [0.3, 0.4) is 0 Å². The van der Waals surface area contributed by atoms with E-state index in [4.69, 9.17) is 0 Å². The molecule has 7 nitrogen and oxygen atoms in total. The number of hydrogen-bond donors (Lipinski definition) is 1. The Labute approximate surface area is 160 Å². The van der Waals surface area contributed by atoms with Crippen molar-refractivity contribution in [1.82, 2.24) is 20.2 Å². The number of carbonyl (C=O) groups excluding carboxylic acids is 1. The second-order valence-corrected chi connectivity index (χ2v) is 5.96. The number of benzene rings is 3. The van der Waals surface area contributed by atoms with Crippen LogP contribution in [0.25, 0.3) is 16.8 Å². The first-order chi connectivity index (χ1) is 13.8. The number of nitrogens with one attached hydrogen (secondary N) is 1. The van der Waals surface area contributed by atoms with Crippen molar-refractivity contribution in [2.75, 3.05) is 5.32 Å². The van der Waals surface area contributed by atoms with E-state index in [9.17, 15) is 10.1 Å². The second-order valence-electron chi connectivity index (χ2n) is 5.96. The highest BCUT2D eigenvalue weighted by Crippen LogP contribution is 2.27. The van der Waals surface area contributed by atoms with E-state index in [-0.39, 0.29) is 5.91 Å². The summed E-state index contributed by atoms with van der Waals surface area (Å²) < 4.78 is 1.51. The molecule has 4 aromatic rings. The lowest BCUT2D eigenvalue weighted by Gasteiger charge is -2.12. The summed E-state index contributed by atoms with van der Waals surface area (Å²) in [5.41, 5.74) is 3.76. The Bertz CT molecular complexity index is 1180. The molecule has 0 saturated carbocycles. The minimum absolute atomic E-state index is 0.266. The van der Waals surface area contributed by atoms with Gasteiger partial charge in [-0.1, -0.05) is 42.5 Å². The summed E-state index contributed by atoms with van der Waals surface area (Å²) in [7, 11) is 0. The number of carbonyl (C=O) groups is 1. The standard InChI is InChI=1S/C21H14N6O/c22-13-15-6-1-2-9-18(15)19-10-3-4-11-20(19)21(28)24-16-7-5-8-17(12-16)27-14-23-25-26-27/h1-12,14H,(H,24,28). The predicted molar refractivity (Wildman–Crippen MR) is 104 cm³/mol. The van der Waals surface area contributed by atoms with Gasteiger partial charge in [0.05, 0.1) is 17.3 Å². The van der Waals surface area contributed by atoms with Crippen molar-refractivity contribution in [3.05, 3.63) is 90.3 Å². The molecular formula is C21H14N6O. The van der Waals surface area contributed by atoms with Crippen LogP contribution in [0.5, 0.6) is 0 Å². The highest BCUT2D eigenvalue weighted by atomic mass is 16.1. The summed E-state index contributed by atoms with van der Waals surface area (Å²) in [6.07, 6.45) is 1.48. The Balaban J connectivity index is 1.67. The van der Waals surface area contributed by atoms with E-state index in [0.29, 0.717) is 22.4 Å². The molecule has 0 aliphatic heterocycles. The number of nitrogens with zero attached hydrogens (tertiary/aromatic N) is 5. The van der Waals surface area contributed by atoms with Gasteiger partial charge < -0.3 is 5.32 Å². The zero-order valence-corrected chi connectivity index (χ0v) is 14.6. The summed E-state index contributed by atoms with van der Waals surface area (Å²) in [5, 5.41) is 23.4. The maximum absolute atomic E-state index is 13.0. The van der Waals surface area contributed by atoms with Crippen LogP contribution >= 0.6 is 0 Å². The van der Waals surface area contributed by atoms with Gasteiger partial charge in [0.15, 0.2) is 0 Å². The van der Waals surface area contributed by atoms with Crippen LogP contribution in [-0.4, -0.2) is 26.1 Å². The van der Waals surface area contributed by atoms with Crippen molar-refractivity contribution in [2.45, 2.75) is 0 Å². The molecule has 0 aliphatic rings. The first kappa shape index (κ1) is 17.1. The molecule has 0 radical (unpaired) electrons. The fourth-order valence-corrected chi connectivity index (χ4v) is 2.94. The maximum Gasteiger partial charge on any atom is 0.256 e. The molecular weight excluding hydrogens is 352 g/mol. The third-order valence-electron chi connectivity index (χ3n) is 4.23. The first-order valence-corrected chi connectivity index (χ1v) is 8.49. The third kappa shape index (κ3) is 3.34. The molecule has 0 bridgehead atoms. The fourth-order valence-electron chi connectivity index (χ4n) is 2.94. The van der Waals surface area contributed by atoms with Crippen LogP contribution in [0.4, 0.5) is 5.69 Å². The molecule has 7 heteroatoms. The SMILES string of the molecule is N#Cc1ccccc1-c1ccccc1C(=O)Nc1cccc(-n2cnnn2)c1. The number of amides is 1. The lowest BCUT2D eigenvalue weighted by Crippen LogP contribution is -2.13. The number of hydrogen-bond acceptors (Lipinski definition) is 5. The molecule has 1 amide bonds. The van der Waals surface area contributed by atoms with Crippen LogP contribution in [0.2, 0.25) is 0 Å². The zero-order valence-electron chi connectivity index (χ0n) is 14.6. The Hall–Kier alpha value is -4.31. The third-order valence-corrected chi connectivity index (χ3v) is 4.23. The second kappa shape index (κ2) is 7.51. The number of aromatic nitrogens is 4. The van der Waals surface area contributed by atoms with Crippen molar-refractivity contribution in [1.29, 1.82) is 5.26 Å². The first-order valence-electron chi connectivity index (χ1n) is 8.49. The van der Waals surface area contributed by atoms with Crippen molar-refractivity contribution < 1.29 is 4.79 Å². The summed E-state index contributed by atoms with van der Waals surface area (Å²) in [5.74, 6) is -0.266. The molecule has 0 aliphatic carbocycles. The smallest absolute Gasteiger partial charge is 0.256 e. The van der Waals surface area contributed by atoms with Gasteiger partial charge in [-0.3, -0.25) is 4.79 Å². The monoisotopic (exact) mass is 366 g/mol. The Morgan fingerprint density at radius 1 is 0.964 bits per heavy atom. The quantitative estimate of drug-likeness (QED) is 0.597. The van der Waals surface area contributed by atoms with E-state index in [1.54, 1.807) is 36.4 Å². The summed E-state index contributed by atoms with van der Waals surface area (Å²) in [6.45, 7) is 0. The highest BCUT2D eigenvalue weighted by Gasteiger charge is 2.15. The molecule has 1 aromatic heterocycles. The molecule has 0 unspecified atom stereocenters. The van der Waals surface area contributed by atoms with E-state index in [2.05, 4.69) is 26.9 Å². The van der Waals surface area contributed by atoms with Crippen molar-refractivity contribution >= 4 is 11.6 Å². The lowest BCUT2D eigenvalue weighted by molar-refractivity contribution is 0.102. The molecule has 4 rings (SSSR count). The highest BCUT2D eigenvalue weighted by molar-refractivity contribution is 6.09. The molecule has 28 heavy (non-hydrogen) atoms. The molecule has 1 heterocycles. The minimum atomic E-state index is -0.266. The lowest BCUT2D eigenvalue weighted by atomic mass is 9.95. The number of anilines is 1. The normalized spacial score (nSPS) is 10.2. The van der Waals surface area contributed by atoms with Gasteiger partial charge in [-0.25, -0.2) is 4.68 Å². The fraction of sp³-hybridized carbons (Fsp3) is 0. The Kier molecular flexibility index (Phi) is 4.59. The van der Waals surface area contributed by atoms with E-state index in [1.807, 2.05) is 36.4 Å². The molecule has 0 atom stereocenters. The van der Waals surface area contributed by atoms with Gasteiger partial charge in [-0.15, -0.1) is 5.10 Å². The topological polar surface area (TPSA) is 96.5 Å². The van der Waals surface area contributed by atoms with Gasteiger partial charge >= 0.3 is 0 Å². The molecule has 1 N–H and O–H groups in total. The molecule has 0 fully saturated rings. The summed E-state index contributed by atoms with van der Waals surface area (Å²) >= 11 is 0. The van der Waals surface area contributed by atoms with Crippen LogP contribution in [0.15, 0.2) is 79.1 Å². The van der Waals surface area contributed by atoms with E-state index in [0.717, 1.165) is 11.3 Å². The van der Waals surface area contributed by atoms with Crippen LogP contribution < -0.4 is 5.32 Å². The number of rotatable bonds is 4. The van der Waals surface area contributed by atoms with Crippen molar-refractivity contribution in [3.8, 4) is 22.9 Å². The summed E-state index contributed by atoms with van der Waals surface area (Å²) in [6, 6.07) is 23.8. The number of tetrazole rings is 1. The maximum atomic E-state index is 13.0. The van der Waals surface area contributed by atoms with Gasteiger partial charge in [0.1, 0.15) is 6.33 Å². The van der Waals surface area contributed by atoms with Gasteiger partial charge in [0, 0.05) is 16.8 Å². The van der Waals surface area contributed by atoms with Crippen molar-refractivity contribution in [2.24, 2.45) is 0 Å². The van der Waals surface area contributed by atoms with E-state index >= 15 is 0 Å². The van der Waals surface area contributed by atoms with Crippen LogP contribution in [-0.2, 0) is 0 Å². The molecule has 0 saturated heterocycles. The Morgan fingerprint density at radius 2 is 1.75 bits per heavy atom. The zero-order chi connectivity index (χ0) is 19.3. The molecule has 134 valence electrons. The summed E-state index contributed by atoms with van der Waals surface area (Å²) in [4.78, 5) is 13.0. The number of nitriles is 1. The van der Waals surface area contributed by atoms with Crippen LogP contribution in [0, 0.1) is 11.3 Å².